The highest BCUT2D eigenvalue weighted by Crippen LogP contribution is 2.16. The van der Waals surface area contributed by atoms with Crippen LogP contribution in [0.2, 0.25) is 0 Å². The third kappa shape index (κ3) is 8.51. The second kappa shape index (κ2) is 15.3. The molecule has 2 atom stereocenters. The van der Waals surface area contributed by atoms with Gasteiger partial charge in [0.2, 0.25) is 11.7 Å². The van der Waals surface area contributed by atoms with Gasteiger partial charge in [0.05, 0.1) is 12.4 Å². The molecule has 4 rings (SSSR count). The quantitative estimate of drug-likeness (QED) is 0.169. The van der Waals surface area contributed by atoms with Crippen LogP contribution in [0.15, 0.2) is 36.7 Å². The summed E-state index contributed by atoms with van der Waals surface area (Å²) in [5.74, 6) is -1.40. The average Bonchev–Trinajstić information content (AvgIpc) is 3.43. The maximum Gasteiger partial charge on any atom is 0.318 e. The Morgan fingerprint density at radius 3 is 2.43 bits per heavy atom. The van der Waals surface area contributed by atoms with E-state index in [4.69, 9.17) is 5.73 Å². The summed E-state index contributed by atoms with van der Waals surface area (Å²) in [6.45, 7) is 7.42. The molecule has 1 fully saturated rings. The molecule has 2 aromatic heterocycles. The van der Waals surface area contributed by atoms with Gasteiger partial charge in [-0.25, -0.2) is 19.7 Å². The summed E-state index contributed by atoms with van der Waals surface area (Å²) >= 11 is 0. The first-order chi connectivity index (χ1) is 21.1. The number of piperidine rings is 1. The van der Waals surface area contributed by atoms with Gasteiger partial charge in [-0.15, -0.1) is 0 Å². The van der Waals surface area contributed by atoms with Crippen LogP contribution in [0.3, 0.4) is 0 Å². The molecule has 1 aliphatic rings. The summed E-state index contributed by atoms with van der Waals surface area (Å²) in [7, 11) is 0. The van der Waals surface area contributed by atoms with Gasteiger partial charge in [0, 0.05) is 26.2 Å². The number of amides is 4. The molecule has 13 nitrogen and oxygen atoms in total. The lowest BCUT2D eigenvalue weighted by Gasteiger charge is -2.30. The lowest BCUT2D eigenvalue weighted by atomic mass is 9.99. The summed E-state index contributed by atoms with van der Waals surface area (Å²) in [5.41, 5.74) is 8.04. The van der Waals surface area contributed by atoms with Crippen molar-refractivity contribution >= 4 is 40.6 Å². The van der Waals surface area contributed by atoms with Gasteiger partial charge in [0.1, 0.15) is 17.4 Å². The molecule has 1 aliphatic heterocycles. The zero-order valence-corrected chi connectivity index (χ0v) is 25.7. The molecule has 1 unspecified atom stereocenters. The average molecular weight is 606 g/mol. The third-order valence-corrected chi connectivity index (χ3v) is 7.76. The minimum Gasteiger partial charge on any atom is -0.382 e. The molecule has 3 heterocycles. The van der Waals surface area contributed by atoms with Crippen molar-refractivity contribution in [1.29, 1.82) is 0 Å². The number of carbonyl (C=O) groups excluding carboxylic acids is 4. The monoisotopic (exact) mass is 605 g/mol. The number of fused-ring (bicyclic) bond motifs is 1. The highest BCUT2D eigenvalue weighted by atomic mass is 16.2. The molecule has 0 bridgehead atoms. The van der Waals surface area contributed by atoms with Crippen molar-refractivity contribution in [2.24, 2.45) is 5.92 Å². The van der Waals surface area contributed by atoms with Crippen molar-refractivity contribution in [3.05, 3.63) is 48.0 Å². The fourth-order valence-corrected chi connectivity index (χ4v) is 5.28. The SMILES string of the molecule is Cc1nc(N)c2ncn(CCCNC(=O)C(=O)C(CCc3ccccc3)NC(=O)[C@@H](NC(=O)N3CCCCC3)C(C)C)c2n1. The Hall–Kier alpha value is -4.55. The number of ketones is 1. The van der Waals surface area contributed by atoms with Gasteiger partial charge in [-0.1, -0.05) is 44.2 Å². The first kappa shape index (κ1) is 32.4. The van der Waals surface area contributed by atoms with E-state index in [1.165, 1.54) is 0 Å². The smallest absolute Gasteiger partial charge is 0.318 e. The summed E-state index contributed by atoms with van der Waals surface area (Å²) in [5, 5.41) is 8.31. The molecule has 0 saturated carbocycles. The third-order valence-electron chi connectivity index (χ3n) is 7.76. The normalized spacial score (nSPS) is 14.7. The first-order valence-corrected chi connectivity index (χ1v) is 15.3. The number of hydrogen-bond donors (Lipinski definition) is 4. The Kier molecular flexibility index (Phi) is 11.2. The highest BCUT2D eigenvalue weighted by Gasteiger charge is 2.32. The van der Waals surface area contributed by atoms with E-state index >= 15 is 0 Å². The number of anilines is 1. The Balaban J connectivity index is 1.37. The number of carbonyl (C=O) groups is 4. The Morgan fingerprint density at radius 2 is 1.73 bits per heavy atom. The number of likely N-dealkylation sites (tertiary alicyclic amines) is 1. The van der Waals surface area contributed by atoms with Crippen LogP contribution in [-0.4, -0.2) is 79.8 Å². The maximum absolute atomic E-state index is 13.4. The predicted octanol–water partition coefficient (Wildman–Crippen LogP) is 2.13. The molecule has 236 valence electrons. The molecule has 13 heteroatoms. The van der Waals surface area contributed by atoms with Crippen LogP contribution in [0.1, 0.15) is 57.3 Å². The van der Waals surface area contributed by atoms with Crippen LogP contribution < -0.4 is 21.7 Å². The number of aryl methyl sites for hydroxylation is 3. The lowest BCUT2D eigenvalue weighted by molar-refractivity contribution is -0.140. The van der Waals surface area contributed by atoms with Crippen LogP contribution in [0.5, 0.6) is 0 Å². The van der Waals surface area contributed by atoms with Crippen molar-refractivity contribution in [2.45, 2.75) is 77.9 Å². The van der Waals surface area contributed by atoms with Gasteiger partial charge >= 0.3 is 6.03 Å². The van der Waals surface area contributed by atoms with E-state index in [0.717, 1.165) is 24.8 Å². The number of aromatic nitrogens is 4. The van der Waals surface area contributed by atoms with E-state index < -0.39 is 29.7 Å². The van der Waals surface area contributed by atoms with Crippen molar-refractivity contribution in [3.8, 4) is 0 Å². The number of nitrogens with one attached hydrogen (secondary N) is 3. The van der Waals surface area contributed by atoms with Crippen LogP contribution in [-0.2, 0) is 27.3 Å². The molecule has 1 aromatic carbocycles. The molecule has 5 N–H and O–H groups in total. The minimum absolute atomic E-state index is 0.226. The molecule has 3 aromatic rings. The van der Waals surface area contributed by atoms with E-state index in [9.17, 15) is 19.2 Å². The standard InChI is InChI=1S/C31H43N9O4/c1-20(2)24(38-31(44)39-16-8-5-9-17-39)29(42)37-23(14-13-22-11-6-4-7-12-22)26(41)30(43)33-15-10-18-40-19-34-25-27(32)35-21(3)36-28(25)40/h4,6-7,11-12,19-20,23-24H,5,8-10,13-18H2,1-3H3,(H,33,43)(H,37,42)(H,38,44)(H2,32,35,36)/t23?,24-/m0/s1. The first-order valence-electron chi connectivity index (χ1n) is 15.3. The topological polar surface area (TPSA) is 177 Å². The van der Waals surface area contributed by atoms with E-state index in [-0.39, 0.29) is 24.9 Å². The summed E-state index contributed by atoms with van der Waals surface area (Å²) < 4.78 is 1.82. The molecule has 1 saturated heterocycles. The van der Waals surface area contributed by atoms with E-state index in [1.54, 1.807) is 18.2 Å². The number of urea groups is 1. The highest BCUT2D eigenvalue weighted by molar-refractivity contribution is 6.38. The lowest BCUT2D eigenvalue weighted by Crippen LogP contribution is -2.57. The zero-order valence-electron chi connectivity index (χ0n) is 25.7. The number of rotatable bonds is 13. The molecule has 0 radical (unpaired) electrons. The number of imidazole rings is 1. The fraction of sp³-hybridized carbons (Fsp3) is 0.516. The van der Waals surface area contributed by atoms with Crippen LogP contribution in [0, 0.1) is 12.8 Å². The van der Waals surface area contributed by atoms with Crippen molar-refractivity contribution in [3.63, 3.8) is 0 Å². The summed E-state index contributed by atoms with van der Waals surface area (Å²) in [6.07, 6.45) is 5.77. The summed E-state index contributed by atoms with van der Waals surface area (Å²) in [6, 6.07) is 7.34. The minimum atomic E-state index is -1.06. The van der Waals surface area contributed by atoms with Crippen molar-refractivity contribution in [2.75, 3.05) is 25.4 Å². The van der Waals surface area contributed by atoms with Crippen LogP contribution in [0.25, 0.3) is 11.2 Å². The van der Waals surface area contributed by atoms with Crippen molar-refractivity contribution < 1.29 is 19.2 Å². The van der Waals surface area contributed by atoms with E-state index in [2.05, 4.69) is 30.9 Å². The van der Waals surface area contributed by atoms with Crippen LogP contribution in [0.4, 0.5) is 10.6 Å². The number of Topliss-reactive ketones (excluding diaryl/α,β-unsaturated/α-hetero) is 1. The zero-order chi connectivity index (χ0) is 31.6. The Morgan fingerprint density at radius 1 is 1.00 bits per heavy atom. The molecule has 0 spiro atoms. The van der Waals surface area contributed by atoms with E-state index in [0.29, 0.717) is 55.3 Å². The van der Waals surface area contributed by atoms with Gasteiger partial charge < -0.3 is 31.2 Å². The second-order valence-electron chi connectivity index (χ2n) is 11.5. The largest absolute Gasteiger partial charge is 0.382 e. The van der Waals surface area contributed by atoms with Gasteiger partial charge in [-0.2, -0.15) is 0 Å². The van der Waals surface area contributed by atoms with Gasteiger partial charge in [-0.05, 0) is 56.9 Å². The van der Waals surface area contributed by atoms with Crippen LogP contribution >= 0.6 is 0 Å². The number of nitrogen functional groups attached to an aromatic ring is 1. The second-order valence-corrected chi connectivity index (χ2v) is 11.5. The van der Waals surface area contributed by atoms with Gasteiger partial charge in [0.15, 0.2) is 11.5 Å². The molecular weight excluding hydrogens is 562 g/mol. The molecule has 4 amide bonds. The predicted molar refractivity (Wildman–Crippen MR) is 166 cm³/mol. The number of hydrogen-bond acceptors (Lipinski definition) is 8. The Labute approximate surface area is 257 Å². The fourth-order valence-electron chi connectivity index (χ4n) is 5.28. The van der Waals surface area contributed by atoms with Gasteiger partial charge in [-0.3, -0.25) is 14.4 Å². The molecular formula is C31H43N9O4. The molecule has 0 aliphatic carbocycles. The summed E-state index contributed by atoms with van der Waals surface area (Å²) in [4.78, 5) is 67.2. The number of nitrogens with zero attached hydrogens (tertiary/aromatic N) is 5. The van der Waals surface area contributed by atoms with E-state index in [1.807, 2.05) is 48.7 Å². The van der Waals surface area contributed by atoms with Crippen molar-refractivity contribution in [1.82, 2.24) is 40.4 Å². The number of nitrogens with two attached hydrogens (primary N) is 1. The Bertz CT molecular complexity index is 1450. The molecule has 44 heavy (non-hydrogen) atoms. The van der Waals surface area contributed by atoms with Gasteiger partial charge in [0.25, 0.3) is 5.91 Å². The number of benzene rings is 1. The maximum atomic E-state index is 13.4.